The van der Waals surface area contributed by atoms with Gasteiger partial charge in [-0.3, -0.25) is 4.79 Å². The van der Waals surface area contributed by atoms with Crippen LogP contribution in [-0.4, -0.2) is 44.4 Å². The van der Waals surface area contributed by atoms with E-state index < -0.39 is 17.2 Å². The fourth-order valence-corrected chi connectivity index (χ4v) is 4.07. The molecule has 1 aliphatic rings. The molecule has 0 radical (unpaired) electrons. The third-order valence-electron chi connectivity index (χ3n) is 6.07. The maximum absolute atomic E-state index is 13.0. The highest BCUT2D eigenvalue weighted by atomic mass is 16.6. The predicted octanol–water partition coefficient (Wildman–Crippen LogP) is 4.36. The summed E-state index contributed by atoms with van der Waals surface area (Å²) in [7, 11) is 0. The molecular formula is C23H35N5O3. The van der Waals surface area contributed by atoms with Gasteiger partial charge in [-0.2, -0.15) is 5.10 Å². The lowest BCUT2D eigenvalue weighted by Crippen LogP contribution is -2.55. The van der Waals surface area contributed by atoms with Crippen LogP contribution in [0.2, 0.25) is 0 Å². The van der Waals surface area contributed by atoms with Gasteiger partial charge in [0.2, 0.25) is 0 Å². The molecule has 0 atom stereocenters. The fourth-order valence-electron chi connectivity index (χ4n) is 4.07. The number of pyridine rings is 1. The number of carbonyl (C=O) groups excluding carboxylic acids is 2. The maximum atomic E-state index is 13.0. The Kier molecular flexibility index (Phi) is 6.86. The predicted molar refractivity (Wildman–Crippen MR) is 120 cm³/mol. The summed E-state index contributed by atoms with van der Waals surface area (Å²) >= 11 is 0. The van der Waals surface area contributed by atoms with Gasteiger partial charge < -0.3 is 15.4 Å². The molecule has 2 amide bonds. The van der Waals surface area contributed by atoms with Crippen LogP contribution < -0.4 is 10.6 Å². The number of aromatic nitrogens is 3. The van der Waals surface area contributed by atoms with Crippen molar-refractivity contribution >= 4 is 23.0 Å². The molecule has 31 heavy (non-hydrogen) atoms. The normalized spacial score (nSPS) is 15.3. The van der Waals surface area contributed by atoms with Gasteiger partial charge in [0.1, 0.15) is 5.60 Å². The summed E-state index contributed by atoms with van der Waals surface area (Å²) in [6, 6.07) is 2.24. The van der Waals surface area contributed by atoms with Gasteiger partial charge in [0.05, 0.1) is 23.3 Å². The molecule has 0 bridgehead atoms. The van der Waals surface area contributed by atoms with E-state index in [2.05, 4.69) is 20.7 Å². The van der Waals surface area contributed by atoms with Crippen LogP contribution in [0.5, 0.6) is 0 Å². The first-order valence-electron chi connectivity index (χ1n) is 11.3. The highest BCUT2D eigenvalue weighted by molar-refractivity contribution is 5.97. The molecule has 2 heterocycles. The van der Waals surface area contributed by atoms with Crippen LogP contribution in [0.15, 0.2) is 18.5 Å². The van der Waals surface area contributed by atoms with Gasteiger partial charge in [-0.05, 0) is 52.5 Å². The molecule has 1 aliphatic carbocycles. The Morgan fingerprint density at radius 2 is 1.84 bits per heavy atom. The second-order valence-electron chi connectivity index (χ2n) is 9.46. The van der Waals surface area contributed by atoms with Gasteiger partial charge in [0.15, 0.2) is 5.65 Å². The fraction of sp³-hybridized carbons (Fsp3) is 0.652. The molecule has 0 spiro atoms. The van der Waals surface area contributed by atoms with Crippen molar-refractivity contribution in [1.82, 2.24) is 25.4 Å². The number of ether oxygens (including phenoxy) is 1. The van der Waals surface area contributed by atoms with Gasteiger partial charge in [-0.15, -0.1) is 0 Å². The second-order valence-corrected chi connectivity index (χ2v) is 9.46. The molecule has 8 heteroatoms. The largest absolute Gasteiger partial charge is 0.444 e. The topological polar surface area (TPSA) is 98.1 Å². The molecule has 3 rings (SSSR count). The van der Waals surface area contributed by atoms with Gasteiger partial charge in [-0.1, -0.05) is 26.7 Å². The van der Waals surface area contributed by atoms with Crippen molar-refractivity contribution in [3.8, 4) is 0 Å². The Morgan fingerprint density at radius 1 is 1.16 bits per heavy atom. The zero-order valence-electron chi connectivity index (χ0n) is 19.3. The van der Waals surface area contributed by atoms with E-state index >= 15 is 0 Å². The van der Waals surface area contributed by atoms with E-state index in [-0.39, 0.29) is 12.5 Å². The minimum absolute atomic E-state index is 0.210. The number of fused-ring (bicyclic) bond motifs is 1. The molecule has 1 saturated carbocycles. The number of rotatable bonds is 7. The maximum Gasteiger partial charge on any atom is 0.407 e. The number of hydrogen-bond donors (Lipinski definition) is 2. The summed E-state index contributed by atoms with van der Waals surface area (Å²) in [4.78, 5) is 29.7. The molecule has 0 aromatic carbocycles. The van der Waals surface area contributed by atoms with E-state index in [4.69, 9.17) is 4.74 Å². The minimum Gasteiger partial charge on any atom is -0.444 e. The molecule has 0 saturated heterocycles. The monoisotopic (exact) mass is 429 g/mol. The highest BCUT2D eigenvalue weighted by Gasteiger charge is 2.30. The standard InChI is InChI=1S/C23H35N5O3/c1-6-23(7-2,15-25-21(30)31-22(3,4)5)27-20(29)17-12-16-14-26-28(19(16)24-13-17)18-10-8-9-11-18/h12-14,18H,6-11,15H2,1-5H3,(H,25,30)(H,27,29). The molecule has 2 N–H and O–H groups in total. The summed E-state index contributed by atoms with van der Waals surface area (Å²) in [6.07, 6.45) is 8.94. The average molecular weight is 430 g/mol. The quantitative estimate of drug-likeness (QED) is 0.681. The van der Waals surface area contributed by atoms with E-state index in [1.165, 1.54) is 12.8 Å². The Labute approximate surface area is 184 Å². The third-order valence-corrected chi connectivity index (χ3v) is 6.07. The number of nitrogens with one attached hydrogen (secondary N) is 2. The lowest BCUT2D eigenvalue weighted by Gasteiger charge is -2.33. The molecule has 8 nitrogen and oxygen atoms in total. The molecule has 170 valence electrons. The molecule has 1 fully saturated rings. The van der Waals surface area contributed by atoms with Crippen molar-refractivity contribution in [2.45, 2.75) is 90.3 Å². The van der Waals surface area contributed by atoms with Crippen molar-refractivity contribution in [3.05, 3.63) is 24.0 Å². The lowest BCUT2D eigenvalue weighted by molar-refractivity contribution is 0.0501. The number of hydrogen-bond acceptors (Lipinski definition) is 5. The highest BCUT2D eigenvalue weighted by Crippen LogP contribution is 2.31. The van der Waals surface area contributed by atoms with Gasteiger partial charge in [0.25, 0.3) is 5.91 Å². The van der Waals surface area contributed by atoms with Crippen LogP contribution >= 0.6 is 0 Å². The van der Waals surface area contributed by atoms with Crippen LogP contribution in [0.25, 0.3) is 11.0 Å². The zero-order chi connectivity index (χ0) is 22.6. The minimum atomic E-state index is -0.572. The molecular weight excluding hydrogens is 394 g/mol. The van der Waals surface area contributed by atoms with Gasteiger partial charge in [0, 0.05) is 18.1 Å². The first-order chi connectivity index (χ1) is 14.7. The van der Waals surface area contributed by atoms with Crippen LogP contribution in [-0.2, 0) is 4.74 Å². The van der Waals surface area contributed by atoms with Crippen molar-refractivity contribution < 1.29 is 14.3 Å². The number of amides is 2. The van der Waals surface area contributed by atoms with Crippen LogP contribution in [0.4, 0.5) is 4.79 Å². The Balaban J connectivity index is 1.71. The average Bonchev–Trinajstić information content (AvgIpc) is 3.38. The SMILES string of the molecule is CCC(CC)(CNC(=O)OC(C)(C)C)NC(=O)c1cnc2c(cnn2C2CCCC2)c1. The first-order valence-corrected chi connectivity index (χ1v) is 11.3. The zero-order valence-corrected chi connectivity index (χ0v) is 19.3. The van der Waals surface area contributed by atoms with E-state index in [1.54, 1.807) is 12.4 Å². The molecule has 0 aliphatic heterocycles. The smallest absolute Gasteiger partial charge is 0.407 e. The summed E-state index contributed by atoms with van der Waals surface area (Å²) in [6.45, 7) is 9.73. The lowest BCUT2D eigenvalue weighted by atomic mass is 9.92. The van der Waals surface area contributed by atoms with E-state index in [0.29, 0.717) is 24.4 Å². The van der Waals surface area contributed by atoms with Crippen molar-refractivity contribution in [2.75, 3.05) is 6.54 Å². The second kappa shape index (κ2) is 9.24. The molecule has 2 aromatic rings. The van der Waals surface area contributed by atoms with Crippen molar-refractivity contribution in [2.24, 2.45) is 0 Å². The Hall–Kier alpha value is -2.64. The van der Waals surface area contributed by atoms with Crippen LogP contribution in [0.1, 0.15) is 89.5 Å². The van der Waals surface area contributed by atoms with Crippen LogP contribution in [0, 0.1) is 0 Å². The first kappa shape index (κ1) is 23.0. The van der Waals surface area contributed by atoms with Crippen molar-refractivity contribution in [3.63, 3.8) is 0 Å². The molecule has 2 aromatic heterocycles. The van der Waals surface area contributed by atoms with Gasteiger partial charge in [-0.25, -0.2) is 14.5 Å². The van der Waals surface area contributed by atoms with Crippen LogP contribution in [0.3, 0.4) is 0 Å². The van der Waals surface area contributed by atoms with Gasteiger partial charge >= 0.3 is 6.09 Å². The molecule has 0 unspecified atom stereocenters. The van der Waals surface area contributed by atoms with Crippen molar-refractivity contribution in [1.29, 1.82) is 0 Å². The van der Waals surface area contributed by atoms with E-state index in [9.17, 15) is 9.59 Å². The number of nitrogens with zero attached hydrogens (tertiary/aromatic N) is 3. The number of alkyl carbamates (subject to hydrolysis) is 1. The summed E-state index contributed by atoms with van der Waals surface area (Å²) in [5, 5.41) is 11.3. The van der Waals surface area contributed by atoms with E-state index in [1.807, 2.05) is 45.4 Å². The number of carbonyl (C=O) groups is 2. The summed E-state index contributed by atoms with van der Waals surface area (Å²) in [5.41, 5.74) is 0.171. The Bertz CT molecular complexity index is 921. The van der Waals surface area contributed by atoms with E-state index in [0.717, 1.165) is 23.9 Å². The third kappa shape index (κ3) is 5.54. The Morgan fingerprint density at radius 3 is 2.45 bits per heavy atom. The summed E-state index contributed by atoms with van der Waals surface area (Å²) in [5.74, 6) is -0.210. The summed E-state index contributed by atoms with van der Waals surface area (Å²) < 4.78 is 7.32.